The standard InChI is InChI=1S/C19H18ClF5N4O2/c20-11-5-9(19(31)28-17(11)26)18(30)27-6-8-1-3-29(4-2-8)7-10-12(21)14(23)16(25)15(24)13(10)22/h5,8H,1-4,6-7H2,(H,27,30)(H3,26,28,31). The molecule has 0 radical (unpaired) electrons. The molecule has 0 spiro atoms. The minimum atomic E-state index is -2.19. The first-order valence-corrected chi connectivity index (χ1v) is 9.67. The highest BCUT2D eigenvalue weighted by atomic mass is 35.5. The Kier molecular flexibility index (Phi) is 6.85. The van der Waals surface area contributed by atoms with E-state index in [1.807, 2.05) is 0 Å². The number of hydrogen-bond donors (Lipinski definition) is 3. The largest absolute Gasteiger partial charge is 0.384 e. The zero-order valence-electron chi connectivity index (χ0n) is 16.0. The van der Waals surface area contributed by atoms with Crippen LogP contribution < -0.4 is 16.6 Å². The van der Waals surface area contributed by atoms with Crippen molar-refractivity contribution in [3.63, 3.8) is 0 Å². The second-order valence-corrected chi connectivity index (χ2v) is 7.66. The van der Waals surface area contributed by atoms with Crippen LogP contribution in [0.4, 0.5) is 27.8 Å². The van der Waals surface area contributed by atoms with Crippen LogP contribution in [-0.4, -0.2) is 35.4 Å². The molecule has 0 atom stereocenters. The molecular formula is C19H18ClF5N4O2. The summed E-state index contributed by atoms with van der Waals surface area (Å²) < 4.78 is 67.6. The number of H-pyrrole nitrogens is 1. The summed E-state index contributed by atoms with van der Waals surface area (Å²) in [4.78, 5) is 27.9. The fraction of sp³-hybridized carbons (Fsp3) is 0.368. The van der Waals surface area contributed by atoms with Crippen molar-refractivity contribution in [2.75, 3.05) is 25.4 Å². The third-order valence-corrected chi connectivity index (χ3v) is 5.52. The van der Waals surface area contributed by atoms with Gasteiger partial charge in [0.25, 0.3) is 11.5 Å². The third-order valence-electron chi connectivity index (χ3n) is 5.21. The van der Waals surface area contributed by atoms with Crippen LogP contribution in [0.15, 0.2) is 10.9 Å². The van der Waals surface area contributed by atoms with Gasteiger partial charge in [-0.1, -0.05) is 11.6 Å². The van der Waals surface area contributed by atoms with Gasteiger partial charge in [-0.15, -0.1) is 0 Å². The molecule has 1 aliphatic heterocycles. The van der Waals surface area contributed by atoms with E-state index >= 15 is 0 Å². The Hall–Kier alpha value is -2.66. The van der Waals surface area contributed by atoms with Crippen molar-refractivity contribution in [1.82, 2.24) is 15.2 Å². The molecule has 1 amide bonds. The maximum atomic E-state index is 13.9. The van der Waals surface area contributed by atoms with Crippen LogP contribution >= 0.6 is 11.6 Å². The fourth-order valence-electron chi connectivity index (χ4n) is 3.38. The topological polar surface area (TPSA) is 91.2 Å². The zero-order chi connectivity index (χ0) is 22.9. The summed E-state index contributed by atoms with van der Waals surface area (Å²) in [6.45, 7) is 0.462. The van der Waals surface area contributed by atoms with Gasteiger partial charge >= 0.3 is 0 Å². The summed E-state index contributed by atoms with van der Waals surface area (Å²) in [7, 11) is 0. The maximum absolute atomic E-state index is 13.9. The monoisotopic (exact) mass is 464 g/mol. The third kappa shape index (κ3) is 4.82. The quantitative estimate of drug-likeness (QED) is 0.360. The van der Waals surface area contributed by atoms with Gasteiger partial charge in [0.1, 0.15) is 11.4 Å². The van der Waals surface area contributed by atoms with Crippen molar-refractivity contribution < 1.29 is 26.7 Å². The van der Waals surface area contributed by atoms with Crippen molar-refractivity contribution in [3.05, 3.63) is 61.7 Å². The molecule has 0 saturated carbocycles. The van der Waals surface area contributed by atoms with E-state index in [1.54, 1.807) is 4.90 Å². The van der Waals surface area contributed by atoms with E-state index < -0.39 is 52.7 Å². The number of likely N-dealkylation sites (tertiary alicyclic amines) is 1. The van der Waals surface area contributed by atoms with Crippen LogP contribution in [0.5, 0.6) is 0 Å². The number of nitrogens with two attached hydrogens (primary N) is 1. The molecule has 6 nitrogen and oxygen atoms in total. The number of nitrogen functional groups attached to an aromatic ring is 1. The number of carbonyl (C=O) groups excluding carboxylic acids is 1. The Labute approximate surface area is 178 Å². The van der Waals surface area contributed by atoms with Gasteiger partial charge in [0.2, 0.25) is 5.82 Å². The summed E-state index contributed by atoms with van der Waals surface area (Å²) in [5, 5.41) is 2.66. The maximum Gasteiger partial charge on any atom is 0.262 e. The van der Waals surface area contributed by atoms with Crippen molar-refractivity contribution in [2.45, 2.75) is 19.4 Å². The van der Waals surface area contributed by atoms with E-state index in [9.17, 15) is 31.5 Å². The molecule has 4 N–H and O–H groups in total. The highest BCUT2D eigenvalue weighted by Crippen LogP contribution is 2.26. The van der Waals surface area contributed by atoms with Gasteiger partial charge in [0.15, 0.2) is 23.3 Å². The molecule has 1 fully saturated rings. The van der Waals surface area contributed by atoms with E-state index in [2.05, 4.69) is 10.3 Å². The van der Waals surface area contributed by atoms with Gasteiger partial charge in [0, 0.05) is 18.7 Å². The molecule has 2 heterocycles. The molecule has 1 saturated heterocycles. The first-order valence-electron chi connectivity index (χ1n) is 9.29. The van der Waals surface area contributed by atoms with Crippen molar-refractivity contribution in [2.24, 2.45) is 5.92 Å². The second kappa shape index (κ2) is 9.23. The van der Waals surface area contributed by atoms with E-state index in [4.69, 9.17) is 17.3 Å². The molecule has 2 aromatic rings. The number of halogens is 6. The summed E-state index contributed by atoms with van der Waals surface area (Å²) in [6, 6.07) is 1.16. The lowest BCUT2D eigenvalue weighted by molar-refractivity contribution is 0.0933. The first kappa shape index (κ1) is 23.0. The number of aromatic amines is 1. The highest BCUT2D eigenvalue weighted by Gasteiger charge is 2.28. The van der Waals surface area contributed by atoms with Gasteiger partial charge in [-0.05, 0) is 37.9 Å². The van der Waals surface area contributed by atoms with Crippen molar-refractivity contribution in [3.8, 4) is 0 Å². The first-order chi connectivity index (χ1) is 14.6. The molecule has 31 heavy (non-hydrogen) atoms. The number of anilines is 1. The van der Waals surface area contributed by atoms with Crippen molar-refractivity contribution in [1.29, 1.82) is 0 Å². The molecule has 1 aromatic carbocycles. The molecular weight excluding hydrogens is 447 g/mol. The van der Waals surface area contributed by atoms with Crippen LogP contribution in [0.1, 0.15) is 28.8 Å². The summed E-state index contributed by atoms with van der Waals surface area (Å²) in [5.74, 6) is -10.5. The normalized spacial score (nSPS) is 15.3. The van der Waals surface area contributed by atoms with E-state index in [0.717, 1.165) is 6.07 Å². The van der Waals surface area contributed by atoms with Gasteiger partial charge in [-0.3, -0.25) is 14.5 Å². The number of rotatable bonds is 5. The van der Waals surface area contributed by atoms with Crippen LogP contribution in [0, 0.1) is 35.0 Å². The summed E-state index contributed by atoms with van der Waals surface area (Å²) in [5.41, 5.74) is 3.71. The molecule has 12 heteroatoms. The van der Waals surface area contributed by atoms with Crippen LogP contribution in [0.3, 0.4) is 0 Å². The number of hydrogen-bond acceptors (Lipinski definition) is 4. The number of benzene rings is 1. The summed E-state index contributed by atoms with van der Waals surface area (Å²) >= 11 is 5.81. The number of piperidine rings is 1. The Morgan fingerprint density at radius 1 is 1.10 bits per heavy atom. The number of amides is 1. The second-order valence-electron chi connectivity index (χ2n) is 7.25. The zero-order valence-corrected chi connectivity index (χ0v) is 16.8. The number of nitrogens with zero attached hydrogens (tertiary/aromatic N) is 1. The van der Waals surface area contributed by atoms with Crippen LogP contribution in [0.25, 0.3) is 0 Å². The molecule has 168 valence electrons. The Morgan fingerprint density at radius 3 is 2.23 bits per heavy atom. The number of nitrogens with one attached hydrogen (secondary N) is 2. The highest BCUT2D eigenvalue weighted by molar-refractivity contribution is 6.33. The van der Waals surface area contributed by atoms with Gasteiger partial charge < -0.3 is 16.0 Å². The summed E-state index contributed by atoms with van der Waals surface area (Å²) in [6.07, 6.45) is 1.02. The van der Waals surface area contributed by atoms with Crippen LogP contribution in [-0.2, 0) is 6.54 Å². The lowest BCUT2D eigenvalue weighted by atomic mass is 9.96. The SMILES string of the molecule is Nc1[nH]c(=O)c(C(=O)NCC2CCN(Cc3c(F)c(F)c(F)c(F)c3F)CC2)cc1Cl. The lowest BCUT2D eigenvalue weighted by Crippen LogP contribution is -2.39. The Morgan fingerprint density at radius 2 is 1.65 bits per heavy atom. The minimum absolute atomic E-state index is 0.0000749. The average Bonchev–Trinajstić information content (AvgIpc) is 2.75. The van der Waals surface area contributed by atoms with Gasteiger partial charge in [-0.2, -0.15) is 0 Å². The van der Waals surface area contributed by atoms with Crippen LogP contribution in [0.2, 0.25) is 5.02 Å². The molecule has 1 aromatic heterocycles. The molecule has 0 unspecified atom stereocenters. The lowest BCUT2D eigenvalue weighted by Gasteiger charge is -2.32. The smallest absolute Gasteiger partial charge is 0.262 e. The minimum Gasteiger partial charge on any atom is -0.384 e. The Bertz CT molecular complexity index is 1040. The average molecular weight is 465 g/mol. The number of aromatic nitrogens is 1. The van der Waals surface area contributed by atoms with Gasteiger partial charge in [0.05, 0.1) is 5.02 Å². The predicted octanol–water partition coefficient (Wildman–Crippen LogP) is 2.95. The predicted molar refractivity (Wildman–Crippen MR) is 103 cm³/mol. The molecule has 1 aliphatic rings. The Balaban J connectivity index is 1.56. The molecule has 0 aliphatic carbocycles. The van der Waals surface area contributed by atoms with E-state index in [-0.39, 0.29) is 28.9 Å². The van der Waals surface area contributed by atoms with Gasteiger partial charge in [-0.25, -0.2) is 22.0 Å². The molecule has 0 bridgehead atoms. The molecule has 3 rings (SSSR count). The number of carbonyl (C=O) groups is 1. The van der Waals surface area contributed by atoms with E-state index in [1.165, 1.54) is 0 Å². The van der Waals surface area contributed by atoms with Crippen molar-refractivity contribution >= 4 is 23.3 Å². The number of pyridine rings is 1. The van der Waals surface area contributed by atoms with E-state index in [0.29, 0.717) is 25.9 Å². The fourth-order valence-corrected chi connectivity index (χ4v) is 3.54.